The first-order chi connectivity index (χ1) is 8.05. The monoisotopic (exact) mass is 220 g/mol. The highest BCUT2D eigenvalue weighted by Gasteiger charge is 2.22. The Balaban J connectivity index is 2.30. The lowest BCUT2D eigenvalue weighted by Crippen LogP contribution is -2.32. The molecule has 82 valence electrons. The van der Waals surface area contributed by atoms with Gasteiger partial charge < -0.3 is 4.74 Å². The van der Waals surface area contributed by atoms with E-state index in [2.05, 4.69) is 37.3 Å². The number of ether oxygens (including phenoxy) is 1. The van der Waals surface area contributed by atoms with E-state index in [1.54, 1.807) is 0 Å². The Morgan fingerprint density at radius 1 is 1.18 bits per heavy atom. The van der Waals surface area contributed by atoms with Gasteiger partial charge in [-0.05, 0) is 19.2 Å². The molecular formula is C15H13BO. The fourth-order valence-electron chi connectivity index (χ4n) is 2.19. The van der Waals surface area contributed by atoms with Crippen molar-refractivity contribution < 1.29 is 4.74 Å². The summed E-state index contributed by atoms with van der Waals surface area (Å²) in [4.78, 5) is 0. The summed E-state index contributed by atoms with van der Waals surface area (Å²) in [5.74, 6) is 0.884. The molecule has 0 aromatic heterocycles. The van der Waals surface area contributed by atoms with E-state index in [4.69, 9.17) is 12.6 Å². The van der Waals surface area contributed by atoms with E-state index in [1.165, 1.54) is 10.9 Å². The van der Waals surface area contributed by atoms with Crippen molar-refractivity contribution in [1.29, 1.82) is 0 Å². The predicted octanol–water partition coefficient (Wildman–Crippen LogP) is 3.44. The average molecular weight is 220 g/mol. The summed E-state index contributed by atoms with van der Waals surface area (Å²) in [7, 11) is 6.00. The zero-order valence-electron chi connectivity index (χ0n) is 10.0. The van der Waals surface area contributed by atoms with E-state index >= 15 is 0 Å². The van der Waals surface area contributed by atoms with Crippen molar-refractivity contribution >= 4 is 24.7 Å². The lowest BCUT2D eigenvalue weighted by atomic mass is 9.81. The summed E-state index contributed by atoms with van der Waals surface area (Å²) in [6, 6.07) is 10.5. The third kappa shape index (κ3) is 1.74. The smallest absolute Gasteiger partial charge is 0.137 e. The van der Waals surface area contributed by atoms with Gasteiger partial charge in [-0.2, -0.15) is 0 Å². The number of hydrogen-bond acceptors (Lipinski definition) is 1. The standard InChI is InChI=1S/C15H13BO/c1-10-3-6-13-12(9-10)5-4-11-7-8-15(2,16)17-14(11)13/h3-9H,1-2H3. The highest BCUT2D eigenvalue weighted by Crippen LogP contribution is 2.36. The number of hydrogen-bond donors (Lipinski definition) is 0. The van der Waals surface area contributed by atoms with Crippen LogP contribution >= 0.6 is 0 Å². The van der Waals surface area contributed by atoms with Crippen LogP contribution in [0.4, 0.5) is 0 Å². The maximum absolute atomic E-state index is 6.00. The van der Waals surface area contributed by atoms with Gasteiger partial charge in [-0.25, -0.2) is 0 Å². The van der Waals surface area contributed by atoms with Crippen LogP contribution in [0.2, 0.25) is 0 Å². The van der Waals surface area contributed by atoms with Crippen LogP contribution in [-0.2, 0) is 0 Å². The fraction of sp³-hybridized carbons (Fsp3) is 0.200. The summed E-state index contributed by atoms with van der Waals surface area (Å²) in [6.07, 6.45) is 3.91. The summed E-state index contributed by atoms with van der Waals surface area (Å²) in [5, 5.41) is 2.31. The average Bonchev–Trinajstić information content (AvgIpc) is 2.27. The van der Waals surface area contributed by atoms with Gasteiger partial charge in [-0.3, -0.25) is 0 Å². The lowest BCUT2D eigenvalue weighted by Gasteiger charge is -2.29. The van der Waals surface area contributed by atoms with Crippen LogP contribution < -0.4 is 4.74 Å². The first-order valence-corrected chi connectivity index (χ1v) is 5.76. The molecule has 3 rings (SSSR count). The molecule has 2 radical (unpaired) electrons. The Morgan fingerprint density at radius 3 is 2.82 bits per heavy atom. The van der Waals surface area contributed by atoms with Crippen molar-refractivity contribution in [2.24, 2.45) is 0 Å². The molecule has 17 heavy (non-hydrogen) atoms. The van der Waals surface area contributed by atoms with Gasteiger partial charge in [0.25, 0.3) is 0 Å². The largest absolute Gasteiger partial charge is 0.492 e. The molecule has 1 aliphatic heterocycles. The van der Waals surface area contributed by atoms with Crippen LogP contribution in [0, 0.1) is 6.92 Å². The predicted molar refractivity (Wildman–Crippen MR) is 72.5 cm³/mol. The number of aryl methyl sites for hydroxylation is 1. The molecule has 1 aliphatic rings. The van der Waals surface area contributed by atoms with E-state index in [1.807, 2.05) is 19.1 Å². The Labute approximate surface area is 103 Å². The highest BCUT2D eigenvalue weighted by molar-refractivity contribution is 6.16. The minimum atomic E-state index is -0.716. The van der Waals surface area contributed by atoms with E-state index in [0.717, 1.165) is 16.7 Å². The summed E-state index contributed by atoms with van der Waals surface area (Å²) < 4.78 is 5.86. The van der Waals surface area contributed by atoms with Crippen molar-refractivity contribution in [3.8, 4) is 5.75 Å². The van der Waals surface area contributed by atoms with Crippen molar-refractivity contribution in [1.82, 2.24) is 0 Å². The Bertz CT molecular complexity index is 626. The summed E-state index contributed by atoms with van der Waals surface area (Å²) >= 11 is 0. The van der Waals surface area contributed by atoms with Crippen LogP contribution in [0.3, 0.4) is 0 Å². The van der Waals surface area contributed by atoms with Crippen molar-refractivity contribution in [2.75, 3.05) is 0 Å². The van der Waals surface area contributed by atoms with Crippen LogP contribution in [0.1, 0.15) is 18.1 Å². The first-order valence-electron chi connectivity index (χ1n) is 5.76. The third-order valence-electron chi connectivity index (χ3n) is 3.07. The normalized spacial score (nSPS) is 22.2. The van der Waals surface area contributed by atoms with Gasteiger partial charge in [0.05, 0.1) is 5.50 Å². The third-order valence-corrected chi connectivity index (χ3v) is 3.07. The van der Waals surface area contributed by atoms with E-state index in [9.17, 15) is 0 Å². The van der Waals surface area contributed by atoms with Gasteiger partial charge in [-0.15, -0.1) is 0 Å². The minimum Gasteiger partial charge on any atom is -0.492 e. The molecule has 0 spiro atoms. The molecule has 1 unspecified atom stereocenters. The maximum Gasteiger partial charge on any atom is 0.137 e. The molecule has 2 aromatic carbocycles. The molecule has 1 heterocycles. The topological polar surface area (TPSA) is 9.23 Å². The number of fused-ring (bicyclic) bond motifs is 3. The van der Waals surface area contributed by atoms with Crippen molar-refractivity contribution in [3.63, 3.8) is 0 Å². The molecule has 2 aromatic rings. The Morgan fingerprint density at radius 2 is 2.00 bits per heavy atom. The second kappa shape index (κ2) is 3.40. The van der Waals surface area contributed by atoms with Gasteiger partial charge in [0, 0.05) is 10.9 Å². The van der Waals surface area contributed by atoms with Gasteiger partial charge in [-0.1, -0.05) is 48.0 Å². The summed E-state index contributed by atoms with van der Waals surface area (Å²) in [5.41, 5.74) is 1.62. The van der Waals surface area contributed by atoms with E-state index in [0.29, 0.717) is 0 Å². The van der Waals surface area contributed by atoms with Crippen LogP contribution in [-0.4, -0.2) is 13.3 Å². The highest BCUT2D eigenvalue weighted by atomic mass is 16.5. The zero-order valence-corrected chi connectivity index (χ0v) is 10.0. The molecule has 0 amide bonds. The fourth-order valence-corrected chi connectivity index (χ4v) is 2.19. The molecule has 0 saturated carbocycles. The van der Waals surface area contributed by atoms with Crippen LogP contribution in [0.15, 0.2) is 36.4 Å². The minimum absolute atomic E-state index is 0.716. The van der Waals surface area contributed by atoms with Crippen LogP contribution in [0.25, 0.3) is 16.8 Å². The second-order valence-electron chi connectivity index (χ2n) is 4.83. The lowest BCUT2D eigenvalue weighted by molar-refractivity contribution is 0.227. The molecule has 0 fully saturated rings. The van der Waals surface area contributed by atoms with Gasteiger partial charge in [0.2, 0.25) is 0 Å². The quantitative estimate of drug-likeness (QED) is 0.618. The van der Waals surface area contributed by atoms with Crippen molar-refractivity contribution in [2.45, 2.75) is 19.3 Å². The van der Waals surface area contributed by atoms with Crippen molar-refractivity contribution in [3.05, 3.63) is 47.5 Å². The Hall–Kier alpha value is -1.70. The molecule has 0 bridgehead atoms. The molecule has 1 nitrogen and oxygen atoms in total. The number of benzene rings is 2. The van der Waals surface area contributed by atoms with Gasteiger partial charge >= 0.3 is 0 Å². The molecule has 0 saturated heterocycles. The molecule has 1 atom stereocenters. The first kappa shape index (κ1) is 10.5. The van der Waals surface area contributed by atoms with Gasteiger partial charge in [0.1, 0.15) is 13.6 Å². The summed E-state index contributed by atoms with van der Waals surface area (Å²) in [6.45, 7) is 3.95. The number of rotatable bonds is 0. The zero-order chi connectivity index (χ0) is 12.0. The van der Waals surface area contributed by atoms with E-state index in [-0.39, 0.29) is 0 Å². The second-order valence-corrected chi connectivity index (χ2v) is 4.83. The van der Waals surface area contributed by atoms with E-state index < -0.39 is 5.50 Å². The maximum atomic E-state index is 6.00. The molecular weight excluding hydrogens is 207 g/mol. The Kier molecular flexibility index (Phi) is 2.09. The molecule has 0 aliphatic carbocycles. The van der Waals surface area contributed by atoms with Crippen LogP contribution in [0.5, 0.6) is 5.75 Å². The van der Waals surface area contributed by atoms with Gasteiger partial charge in [0.15, 0.2) is 0 Å². The SMILES string of the molecule is [B]C1(C)C=Cc2ccc3cc(C)ccc3c2O1. The molecule has 0 N–H and O–H groups in total. The molecule has 2 heteroatoms.